The van der Waals surface area contributed by atoms with Gasteiger partial charge in [-0.3, -0.25) is 9.59 Å². The fraction of sp³-hybridized carbons (Fsp3) is 0.308. The van der Waals surface area contributed by atoms with Gasteiger partial charge >= 0.3 is 0 Å². The van der Waals surface area contributed by atoms with Gasteiger partial charge in [0.25, 0.3) is 0 Å². The van der Waals surface area contributed by atoms with E-state index in [0.717, 1.165) is 21.9 Å². The molecule has 0 saturated carbocycles. The lowest BCUT2D eigenvalue weighted by molar-refractivity contribution is -0.140. The summed E-state index contributed by atoms with van der Waals surface area (Å²) < 4.78 is 0. The molecule has 6 nitrogen and oxygen atoms in total. The predicted octanol–water partition coefficient (Wildman–Crippen LogP) is 2.59. The van der Waals surface area contributed by atoms with Crippen LogP contribution in [0.4, 0.5) is 0 Å². The Labute approximate surface area is 189 Å². The monoisotopic (exact) mass is 432 g/mol. The SMILES string of the molecule is CN(C(=O)[C@@H](N)Cc1cccc2ccccc12)[C@@H](CCCN)C(=O)NCc1ccccc1. The number of benzene rings is 3. The van der Waals surface area contributed by atoms with Gasteiger partial charge < -0.3 is 21.7 Å². The van der Waals surface area contributed by atoms with Crippen molar-refractivity contribution in [3.63, 3.8) is 0 Å². The van der Waals surface area contributed by atoms with Crippen LogP contribution in [-0.4, -0.2) is 42.4 Å². The zero-order valence-electron chi connectivity index (χ0n) is 18.5. The lowest BCUT2D eigenvalue weighted by Crippen LogP contribution is -2.53. The molecule has 6 heteroatoms. The van der Waals surface area contributed by atoms with Gasteiger partial charge in [-0.2, -0.15) is 0 Å². The number of fused-ring (bicyclic) bond motifs is 1. The quantitative estimate of drug-likeness (QED) is 0.458. The third-order valence-corrected chi connectivity index (χ3v) is 5.75. The molecule has 0 unspecified atom stereocenters. The molecule has 0 fully saturated rings. The summed E-state index contributed by atoms with van der Waals surface area (Å²) in [6.45, 7) is 0.857. The Morgan fingerprint density at radius 2 is 1.66 bits per heavy atom. The maximum atomic E-state index is 13.2. The molecule has 168 valence electrons. The molecule has 0 aliphatic heterocycles. The van der Waals surface area contributed by atoms with Crippen LogP contribution < -0.4 is 16.8 Å². The van der Waals surface area contributed by atoms with Crippen molar-refractivity contribution in [1.29, 1.82) is 0 Å². The van der Waals surface area contributed by atoms with Gasteiger partial charge in [0, 0.05) is 13.6 Å². The van der Waals surface area contributed by atoms with Crippen LogP contribution in [0.15, 0.2) is 72.8 Å². The summed E-state index contributed by atoms with van der Waals surface area (Å²) in [5.41, 5.74) is 14.0. The van der Waals surface area contributed by atoms with Crippen LogP contribution in [0.3, 0.4) is 0 Å². The number of nitrogens with one attached hydrogen (secondary N) is 1. The maximum Gasteiger partial charge on any atom is 0.243 e. The van der Waals surface area contributed by atoms with Gasteiger partial charge in [-0.05, 0) is 47.7 Å². The summed E-state index contributed by atoms with van der Waals surface area (Å²) in [4.78, 5) is 27.6. The molecular weight excluding hydrogens is 400 g/mol. The van der Waals surface area contributed by atoms with E-state index >= 15 is 0 Å². The number of amides is 2. The Morgan fingerprint density at radius 1 is 0.969 bits per heavy atom. The first-order valence-electron chi connectivity index (χ1n) is 11.0. The van der Waals surface area contributed by atoms with Crippen LogP contribution in [0.25, 0.3) is 10.8 Å². The van der Waals surface area contributed by atoms with E-state index in [1.54, 1.807) is 7.05 Å². The van der Waals surface area contributed by atoms with Crippen molar-refractivity contribution in [3.05, 3.63) is 83.9 Å². The number of carbonyl (C=O) groups excluding carboxylic acids is 2. The third kappa shape index (κ3) is 5.93. The first-order valence-corrected chi connectivity index (χ1v) is 11.0. The Hall–Kier alpha value is -3.22. The van der Waals surface area contributed by atoms with E-state index in [4.69, 9.17) is 11.5 Å². The molecule has 0 bridgehead atoms. The minimum Gasteiger partial charge on any atom is -0.350 e. The molecule has 0 radical (unpaired) electrons. The number of rotatable bonds is 10. The first kappa shape index (κ1) is 23.4. The molecule has 3 rings (SSSR count). The lowest BCUT2D eigenvalue weighted by Gasteiger charge is -2.29. The topological polar surface area (TPSA) is 101 Å². The van der Waals surface area contributed by atoms with E-state index in [-0.39, 0.29) is 11.8 Å². The third-order valence-electron chi connectivity index (χ3n) is 5.75. The van der Waals surface area contributed by atoms with E-state index < -0.39 is 12.1 Å². The second-order valence-corrected chi connectivity index (χ2v) is 8.05. The molecule has 0 saturated heterocycles. The summed E-state index contributed by atoms with van der Waals surface area (Å²) in [5.74, 6) is -0.453. The highest BCUT2D eigenvalue weighted by atomic mass is 16.2. The summed E-state index contributed by atoms with van der Waals surface area (Å²) >= 11 is 0. The van der Waals surface area contributed by atoms with Crippen molar-refractivity contribution in [2.45, 2.75) is 37.9 Å². The Morgan fingerprint density at radius 3 is 2.41 bits per heavy atom. The Balaban J connectivity index is 1.69. The van der Waals surface area contributed by atoms with Gasteiger partial charge in [-0.1, -0.05) is 72.8 Å². The minimum atomic E-state index is -0.742. The van der Waals surface area contributed by atoms with E-state index in [2.05, 4.69) is 5.32 Å². The molecule has 3 aromatic carbocycles. The van der Waals surface area contributed by atoms with Gasteiger partial charge in [0.2, 0.25) is 11.8 Å². The molecule has 0 heterocycles. The maximum absolute atomic E-state index is 13.2. The molecule has 3 aromatic rings. The Kier molecular flexibility index (Phi) is 8.36. The Bertz CT molecular complexity index is 1030. The molecule has 2 atom stereocenters. The molecule has 0 aliphatic rings. The van der Waals surface area contributed by atoms with E-state index in [0.29, 0.717) is 32.4 Å². The van der Waals surface area contributed by atoms with Gasteiger partial charge in [0.05, 0.1) is 6.04 Å². The average Bonchev–Trinajstić information content (AvgIpc) is 2.83. The normalized spacial score (nSPS) is 12.8. The van der Waals surface area contributed by atoms with Gasteiger partial charge in [0.15, 0.2) is 0 Å². The minimum absolute atomic E-state index is 0.199. The number of hydrogen-bond acceptors (Lipinski definition) is 4. The second kappa shape index (κ2) is 11.4. The van der Waals surface area contributed by atoms with E-state index in [1.807, 2.05) is 72.8 Å². The summed E-state index contributed by atoms with van der Waals surface area (Å²) in [7, 11) is 1.65. The van der Waals surface area contributed by atoms with Crippen molar-refractivity contribution < 1.29 is 9.59 Å². The summed E-state index contributed by atoms with van der Waals surface area (Å²) in [6.07, 6.45) is 1.53. The van der Waals surface area contributed by atoms with Crippen molar-refractivity contribution >= 4 is 22.6 Å². The fourth-order valence-corrected chi connectivity index (χ4v) is 3.92. The van der Waals surface area contributed by atoms with Crippen LogP contribution in [0.5, 0.6) is 0 Å². The number of hydrogen-bond donors (Lipinski definition) is 3. The number of likely N-dealkylation sites (N-methyl/N-ethyl adjacent to an activating group) is 1. The first-order chi connectivity index (χ1) is 15.5. The number of nitrogens with zero attached hydrogens (tertiary/aromatic N) is 1. The molecule has 0 spiro atoms. The van der Waals surface area contributed by atoms with Crippen molar-refractivity contribution in [1.82, 2.24) is 10.2 Å². The van der Waals surface area contributed by atoms with Gasteiger partial charge in [-0.25, -0.2) is 0 Å². The largest absolute Gasteiger partial charge is 0.350 e. The second-order valence-electron chi connectivity index (χ2n) is 8.05. The van der Waals surface area contributed by atoms with Crippen LogP contribution in [0.1, 0.15) is 24.0 Å². The van der Waals surface area contributed by atoms with Crippen molar-refractivity contribution in [3.8, 4) is 0 Å². The fourth-order valence-electron chi connectivity index (χ4n) is 3.92. The van der Waals surface area contributed by atoms with Crippen molar-refractivity contribution in [2.24, 2.45) is 11.5 Å². The molecule has 5 N–H and O–H groups in total. The van der Waals surface area contributed by atoms with Crippen LogP contribution in [0, 0.1) is 0 Å². The van der Waals surface area contributed by atoms with Crippen LogP contribution in [0.2, 0.25) is 0 Å². The number of carbonyl (C=O) groups is 2. The highest BCUT2D eigenvalue weighted by Crippen LogP contribution is 2.20. The lowest BCUT2D eigenvalue weighted by atomic mass is 9.98. The smallest absolute Gasteiger partial charge is 0.243 e. The van der Waals surface area contributed by atoms with Crippen LogP contribution in [-0.2, 0) is 22.6 Å². The summed E-state index contributed by atoms with van der Waals surface area (Å²) in [6, 6.07) is 22.4. The average molecular weight is 433 g/mol. The van der Waals surface area contributed by atoms with Crippen LogP contribution >= 0.6 is 0 Å². The molecule has 0 aliphatic carbocycles. The molecule has 32 heavy (non-hydrogen) atoms. The highest BCUT2D eigenvalue weighted by molar-refractivity contribution is 5.91. The van der Waals surface area contributed by atoms with Gasteiger partial charge in [0.1, 0.15) is 6.04 Å². The molecular formula is C26H32N4O2. The molecule has 2 amide bonds. The zero-order chi connectivity index (χ0) is 22.9. The zero-order valence-corrected chi connectivity index (χ0v) is 18.5. The van der Waals surface area contributed by atoms with E-state index in [1.165, 1.54) is 4.90 Å². The highest BCUT2D eigenvalue weighted by Gasteiger charge is 2.29. The number of nitrogens with two attached hydrogens (primary N) is 2. The molecule has 0 aromatic heterocycles. The van der Waals surface area contributed by atoms with Gasteiger partial charge in [-0.15, -0.1) is 0 Å². The predicted molar refractivity (Wildman–Crippen MR) is 129 cm³/mol. The summed E-state index contributed by atoms with van der Waals surface area (Å²) in [5, 5.41) is 5.14. The standard InChI is InChI=1S/C26H32N4O2/c1-30(24(15-8-16-27)25(31)29-18-19-9-3-2-4-10-19)26(32)23(28)17-21-13-7-12-20-11-5-6-14-22(20)21/h2-7,9-14,23-24H,8,15-18,27-28H2,1H3,(H,29,31)/t23-,24-/m0/s1. The van der Waals surface area contributed by atoms with Crippen molar-refractivity contribution in [2.75, 3.05) is 13.6 Å². The van der Waals surface area contributed by atoms with E-state index in [9.17, 15) is 9.59 Å².